The van der Waals surface area contributed by atoms with E-state index < -0.39 is 29.2 Å². The van der Waals surface area contributed by atoms with Crippen molar-refractivity contribution in [1.29, 1.82) is 0 Å². The largest absolute Gasteiger partial charge is 0.481 e. The molecule has 2 unspecified atom stereocenters. The standard InChI is InChI=1S/C27H26N4O4S/c28-27(16-23(32)33)26(35)31(15-14-18-6-2-1-3-7-18)24(21-8-4-5-9-22(21)36-27)25(34)20-12-10-19(11-13-20)17-30-29/h1-13,17,24H,14-16,28-29H2,(H,32,33). The molecule has 1 heterocycles. The highest BCUT2D eigenvalue weighted by molar-refractivity contribution is 8.01. The van der Waals surface area contributed by atoms with Crippen LogP contribution in [0, 0.1) is 0 Å². The molecular formula is C27H26N4O4S. The molecule has 5 N–H and O–H groups in total. The lowest BCUT2D eigenvalue weighted by atomic mass is 9.94. The van der Waals surface area contributed by atoms with Crippen LogP contribution in [-0.2, 0) is 16.0 Å². The van der Waals surface area contributed by atoms with Crippen molar-refractivity contribution in [1.82, 2.24) is 4.90 Å². The van der Waals surface area contributed by atoms with E-state index in [4.69, 9.17) is 11.6 Å². The van der Waals surface area contributed by atoms with Crippen molar-refractivity contribution in [3.8, 4) is 0 Å². The molecule has 0 saturated heterocycles. The number of benzene rings is 3. The second-order valence-electron chi connectivity index (χ2n) is 8.50. The van der Waals surface area contributed by atoms with Crippen LogP contribution < -0.4 is 11.6 Å². The van der Waals surface area contributed by atoms with Gasteiger partial charge >= 0.3 is 5.97 Å². The number of fused-ring (bicyclic) bond motifs is 1. The number of Topliss-reactive ketones (excluding diaryl/α,β-unsaturated/α-hetero) is 1. The average molecular weight is 503 g/mol. The van der Waals surface area contributed by atoms with Crippen molar-refractivity contribution in [2.45, 2.75) is 28.6 Å². The molecule has 8 nitrogen and oxygen atoms in total. The monoisotopic (exact) mass is 502 g/mol. The van der Waals surface area contributed by atoms with Crippen molar-refractivity contribution < 1.29 is 19.5 Å². The molecule has 1 aliphatic rings. The normalized spacial score (nSPS) is 19.6. The molecule has 184 valence electrons. The Bertz CT molecular complexity index is 1300. The van der Waals surface area contributed by atoms with Gasteiger partial charge in [-0.2, -0.15) is 5.10 Å². The van der Waals surface area contributed by atoms with Gasteiger partial charge in [0.2, 0.25) is 0 Å². The number of hydrazone groups is 1. The minimum absolute atomic E-state index is 0.185. The van der Waals surface area contributed by atoms with Crippen molar-refractivity contribution in [2.75, 3.05) is 6.54 Å². The number of ketones is 1. The predicted molar refractivity (Wildman–Crippen MR) is 139 cm³/mol. The van der Waals surface area contributed by atoms with Crippen molar-refractivity contribution in [2.24, 2.45) is 16.7 Å². The summed E-state index contributed by atoms with van der Waals surface area (Å²) in [6.45, 7) is 0.185. The Morgan fingerprint density at radius 1 is 1.03 bits per heavy atom. The van der Waals surface area contributed by atoms with Crippen LogP contribution in [0.2, 0.25) is 0 Å². The van der Waals surface area contributed by atoms with E-state index in [1.807, 2.05) is 30.3 Å². The fourth-order valence-corrected chi connectivity index (χ4v) is 5.53. The molecule has 0 radical (unpaired) electrons. The van der Waals surface area contributed by atoms with Gasteiger partial charge in [-0.05, 0) is 29.2 Å². The van der Waals surface area contributed by atoms with Gasteiger partial charge in [-0.3, -0.25) is 14.4 Å². The number of thioether (sulfide) groups is 1. The lowest BCUT2D eigenvalue weighted by Crippen LogP contribution is -2.55. The molecule has 0 aliphatic carbocycles. The summed E-state index contributed by atoms with van der Waals surface area (Å²) < 4.78 is 0. The molecule has 0 aromatic heterocycles. The lowest BCUT2D eigenvalue weighted by molar-refractivity contribution is -0.143. The number of carbonyl (C=O) groups is 3. The van der Waals surface area contributed by atoms with Crippen molar-refractivity contribution in [3.63, 3.8) is 0 Å². The van der Waals surface area contributed by atoms with E-state index in [9.17, 15) is 19.5 Å². The summed E-state index contributed by atoms with van der Waals surface area (Å²) in [6, 6.07) is 22.5. The van der Waals surface area contributed by atoms with Crippen molar-refractivity contribution >= 4 is 35.6 Å². The third-order valence-corrected chi connectivity index (χ3v) is 7.28. The number of carboxylic acid groups (broad SMARTS) is 1. The third-order valence-electron chi connectivity index (χ3n) is 6.01. The number of aliphatic carboxylic acids is 1. The summed E-state index contributed by atoms with van der Waals surface area (Å²) >= 11 is 0.990. The van der Waals surface area contributed by atoms with Gasteiger partial charge < -0.3 is 21.6 Å². The Balaban J connectivity index is 1.81. The summed E-state index contributed by atoms with van der Waals surface area (Å²) in [5.74, 6) is 3.15. The van der Waals surface area contributed by atoms with Crippen LogP contribution in [0.5, 0.6) is 0 Å². The van der Waals surface area contributed by atoms with E-state index in [0.717, 1.165) is 22.9 Å². The smallest absolute Gasteiger partial charge is 0.306 e. The van der Waals surface area contributed by atoms with Gasteiger partial charge in [0, 0.05) is 17.0 Å². The van der Waals surface area contributed by atoms with Crippen LogP contribution in [-0.4, -0.2) is 45.3 Å². The van der Waals surface area contributed by atoms with E-state index >= 15 is 0 Å². The molecule has 3 aromatic carbocycles. The van der Waals surface area contributed by atoms with E-state index in [0.29, 0.717) is 22.4 Å². The second-order valence-corrected chi connectivity index (χ2v) is 9.87. The summed E-state index contributed by atoms with van der Waals surface area (Å²) in [4.78, 5) is 39.8. The highest BCUT2D eigenvalue weighted by Gasteiger charge is 2.48. The van der Waals surface area contributed by atoms with Gasteiger partial charge in [0.15, 0.2) is 10.7 Å². The van der Waals surface area contributed by atoms with E-state index in [1.54, 1.807) is 48.5 Å². The first-order valence-corrected chi connectivity index (χ1v) is 12.1. The zero-order valence-corrected chi connectivity index (χ0v) is 20.2. The number of rotatable bonds is 8. The summed E-state index contributed by atoms with van der Waals surface area (Å²) in [6.07, 6.45) is 1.36. The molecular weight excluding hydrogens is 476 g/mol. The van der Waals surface area contributed by atoms with Gasteiger partial charge in [-0.25, -0.2) is 0 Å². The molecule has 3 aromatic rings. The Kier molecular flexibility index (Phi) is 7.52. The maximum absolute atomic E-state index is 14.0. The molecule has 1 amide bonds. The highest BCUT2D eigenvalue weighted by atomic mass is 32.2. The number of nitrogens with two attached hydrogens (primary N) is 2. The van der Waals surface area contributed by atoms with E-state index in [1.165, 1.54) is 11.1 Å². The van der Waals surface area contributed by atoms with Crippen LogP contribution in [0.1, 0.15) is 39.5 Å². The number of nitrogens with zero attached hydrogens (tertiary/aromatic N) is 2. The maximum Gasteiger partial charge on any atom is 0.306 e. The van der Waals surface area contributed by atoms with Crippen molar-refractivity contribution in [3.05, 3.63) is 101 Å². The maximum atomic E-state index is 14.0. The first-order chi connectivity index (χ1) is 17.3. The Hall–Kier alpha value is -3.95. The zero-order chi connectivity index (χ0) is 25.7. The Morgan fingerprint density at radius 3 is 2.36 bits per heavy atom. The first-order valence-electron chi connectivity index (χ1n) is 11.3. The third kappa shape index (κ3) is 5.32. The van der Waals surface area contributed by atoms with Gasteiger partial charge in [0.25, 0.3) is 5.91 Å². The number of carboxylic acids is 1. The Morgan fingerprint density at radius 2 is 1.69 bits per heavy atom. The first kappa shape index (κ1) is 25.2. The SMILES string of the molecule is NN=Cc1ccc(C(=O)C2c3ccccc3SC(N)(CC(=O)O)C(=O)N2CCc2ccccc2)cc1. The molecule has 2 atom stereocenters. The lowest BCUT2D eigenvalue weighted by Gasteiger charge is -2.34. The Labute approximate surface area is 213 Å². The zero-order valence-electron chi connectivity index (χ0n) is 19.4. The number of hydrogen-bond acceptors (Lipinski definition) is 7. The molecule has 1 aliphatic heterocycles. The van der Waals surface area contributed by atoms with E-state index in [-0.39, 0.29) is 12.3 Å². The molecule has 4 rings (SSSR count). The van der Waals surface area contributed by atoms with Gasteiger partial charge in [0.05, 0.1) is 12.6 Å². The summed E-state index contributed by atoms with van der Waals surface area (Å²) in [7, 11) is 0. The van der Waals surface area contributed by atoms with E-state index in [2.05, 4.69) is 5.10 Å². The molecule has 0 bridgehead atoms. The minimum atomic E-state index is -1.77. The predicted octanol–water partition coefficient (Wildman–Crippen LogP) is 3.21. The van der Waals surface area contributed by atoms with Crippen LogP contribution >= 0.6 is 11.8 Å². The number of carbonyl (C=O) groups excluding carboxylic acids is 2. The van der Waals surface area contributed by atoms with Crippen LogP contribution in [0.4, 0.5) is 0 Å². The molecule has 9 heteroatoms. The summed E-state index contributed by atoms with van der Waals surface area (Å²) in [5.41, 5.74) is 9.20. The molecule has 36 heavy (non-hydrogen) atoms. The minimum Gasteiger partial charge on any atom is -0.481 e. The summed E-state index contributed by atoms with van der Waals surface area (Å²) in [5, 5.41) is 13.1. The van der Waals surface area contributed by atoms with Crippen LogP contribution in [0.25, 0.3) is 0 Å². The fourth-order valence-electron chi connectivity index (χ4n) is 4.29. The number of hydrogen-bond donors (Lipinski definition) is 3. The molecule has 0 saturated carbocycles. The van der Waals surface area contributed by atoms with Crippen LogP contribution in [0.3, 0.4) is 0 Å². The van der Waals surface area contributed by atoms with Gasteiger partial charge in [-0.1, -0.05) is 84.6 Å². The number of amides is 1. The van der Waals surface area contributed by atoms with Crippen LogP contribution in [0.15, 0.2) is 88.9 Å². The average Bonchev–Trinajstić information content (AvgIpc) is 2.95. The van der Waals surface area contributed by atoms with Gasteiger partial charge in [-0.15, -0.1) is 0 Å². The fraction of sp³-hybridized carbons (Fsp3) is 0.185. The van der Waals surface area contributed by atoms with Gasteiger partial charge in [0.1, 0.15) is 6.04 Å². The highest BCUT2D eigenvalue weighted by Crippen LogP contribution is 2.44. The quantitative estimate of drug-likeness (QED) is 0.186. The molecule has 0 spiro atoms. The molecule has 0 fully saturated rings. The topological polar surface area (TPSA) is 139 Å². The second kappa shape index (κ2) is 10.8.